The molecule has 27 heavy (non-hydrogen) atoms. The lowest BCUT2D eigenvalue weighted by Gasteiger charge is -2.31. The van der Waals surface area contributed by atoms with Crippen molar-refractivity contribution in [2.75, 3.05) is 19.7 Å². The van der Waals surface area contributed by atoms with Gasteiger partial charge in [0.05, 0.1) is 0 Å². The van der Waals surface area contributed by atoms with E-state index in [-0.39, 0.29) is 12.5 Å². The van der Waals surface area contributed by atoms with E-state index in [4.69, 9.17) is 4.74 Å². The summed E-state index contributed by atoms with van der Waals surface area (Å²) < 4.78 is 7.84. The molecule has 0 N–H and O–H groups in total. The van der Waals surface area contributed by atoms with Crippen molar-refractivity contribution in [1.82, 2.24) is 19.7 Å². The summed E-state index contributed by atoms with van der Waals surface area (Å²) in [6.45, 7) is 4.52. The van der Waals surface area contributed by atoms with Gasteiger partial charge < -0.3 is 14.2 Å². The number of hydrogen-bond donors (Lipinski definition) is 0. The number of amides is 1. The van der Waals surface area contributed by atoms with Crippen LogP contribution in [0.1, 0.15) is 31.5 Å². The molecule has 1 aliphatic rings. The van der Waals surface area contributed by atoms with Crippen molar-refractivity contribution in [1.29, 1.82) is 0 Å². The zero-order valence-electron chi connectivity index (χ0n) is 15.5. The summed E-state index contributed by atoms with van der Waals surface area (Å²) in [6.07, 6.45) is 3.62. The Morgan fingerprint density at radius 1 is 1.15 bits per heavy atom. The van der Waals surface area contributed by atoms with Crippen molar-refractivity contribution < 1.29 is 9.53 Å². The van der Waals surface area contributed by atoms with E-state index >= 15 is 0 Å². The molecular weight excluding hydrogens is 340 g/mol. The van der Waals surface area contributed by atoms with Gasteiger partial charge in [0.2, 0.25) is 0 Å². The minimum absolute atomic E-state index is 0.0403. The number of likely N-dealkylation sites (tertiary alicyclic amines) is 1. The Balaban J connectivity index is 1.31. The molecule has 140 valence electrons. The fraction of sp³-hybridized carbons (Fsp3) is 0.381. The molecule has 0 bridgehead atoms. The van der Waals surface area contributed by atoms with Crippen LogP contribution in [0.25, 0.3) is 10.8 Å². The second kappa shape index (κ2) is 7.78. The van der Waals surface area contributed by atoms with E-state index in [1.54, 1.807) is 6.33 Å². The third kappa shape index (κ3) is 3.79. The number of carbonyl (C=O) groups excluding carboxylic acids is 1. The molecule has 2 aromatic carbocycles. The SMILES string of the molecule is CCn1cnnc1C1CCN(C(=O)COc2ccc3ccccc3c2)CC1. The average Bonchev–Trinajstić information content (AvgIpc) is 3.21. The Kier molecular flexibility index (Phi) is 5.05. The molecule has 6 nitrogen and oxygen atoms in total. The highest BCUT2D eigenvalue weighted by Gasteiger charge is 2.26. The van der Waals surface area contributed by atoms with E-state index in [1.165, 1.54) is 0 Å². The van der Waals surface area contributed by atoms with Crippen molar-refractivity contribution in [2.45, 2.75) is 32.2 Å². The maximum atomic E-state index is 12.5. The van der Waals surface area contributed by atoms with E-state index in [0.29, 0.717) is 5.92 Å². The van der Waals surface area contributed by atoms with Gasteiger partial charge in [0.1, 0.15) is 17.9 Å². The molecule has 2 heterocycles. The Morgan fingerprint density at radius 2 is 1.93 bits per heavy atom. The summed E-state index contributed by atoms with van der Waals surface area (Å²) in [5.41, 5.74) is 0. The molecule has 1 fully saturated rings. The van der Waals surface area contributed by atoms with Gasteiger partial charge in [0, 0.05) is 25.6 Å². The Bertz CT molecular complexity index is 929. The Labute approximate surface area is 158 Å². The first kappa shape index (κ1) is 17.5. The van der Waals surface area contributed by atoms with Crippen LogP contribution in [0, 0.1) is 0 Å². The van der Waals surface area contributed by atoms with E-state index in [0.717, 1.165) is 54.8 Å². The number of fused-ring (bicyclic) bond motifs is 1. The summed E-state index contributed by atoms with van der Waals surface area (Å²) >= 11 is 0. The number of aryl methyl sites for hydroxylation is 1. The van der Waals surface area contributed by atoms with Crippen LogP contribution in [-0.4, -0.2) is 45.3 Å². The third-order valence-corrected chi connectivity index (χ3v) is 5.28. The molecule has 1 saturated heterocycles. The maximum Gasteiger partial charge on any atom is 0.260 e. The zero-order chi connectivity index (χ0) is 18.6. The molecule has 0 radical (unpaired) electrons. The quantitative estimate of drug-likeness (QED) is 0.697. The highest BCUT2D eigenvalue weighted by molar-refractivity contribution is 5.84. The molecule has 6 heteroatoms. The standard InChI is InChI=1S/C21H24N4O2/c1-2-24-15-22-23-21(24)17-9-11-25(12-10-17)20(26)14-27-19-8-7-16-5-3-4-6-18(16)13-19/h3-8,13,15,17H,2,9-12,14H2,1H3. The lowest BCUT2D eigenvalue weighted by Crippen LogP contribution is -2.40. The van der Waals surface area contributed by atoms with E-state index < -0.39 is 0 Å². The van der Waals surface area contributed by atoms with Crippen molar-refractivity contribution in [3.05, 3.63) is 54.6 Å². The molecule has 0 spiro atoms. The largest absolute Gasteiger partial charge is 0.484 e. The van der Waals surface area contributed by atoms with Gasteiger partial charge in [-0.05, 0) is 42.7 Å². The Morgan fingerprint density at radius 3 is 2.70 bits per heavy atom. The smallest absolute Gasteiger partial charge is 0.260 e. The van der Waals surface area contributed by atoms with Gasteiger partial charge >= 0.3 is 0 Å². The van der Waals surface area contributed by atoms with Crippen LogP contribution in [0.3, 0.4) is 0 Å². The van der Waals surface area contributed by atoms with Crippen molar-refractivity contribution in [3.63, 3.8) is 0 Å². The first-order valence-corrected chi connectivity index (χ1v) is 9.51. The summed E-state index contributed by atoms with van der Waals surface area (Å²) in [5, 5.41) is 10.6. The number of hydrogen-bond acceptors (Lipinski definition) is 4. The maximum absolute atomic E-state index is 12.5. The number of carbonyl (C=O) groups is 1. The van der Waals surface area contributed by atoms with Gasteiger partial charge in [0.15, 0.2) is 6.61 Å². The normalized spacial score (nSPS) is 15.2. The number of ether oxygens (including phenoxy) is 1. The van der Waals surface area contributed by atoms with E-state index in [9.17, 15) is 4.79 Å². The topological polar surface area (TPSA) is 60.2 Å². The lowest BCUT2D eigenvalue weighted by molar-refractivity contribution is -0.134. The number of nitrogens with zero attached hydrogens (tertiary/aromatic N) is 4. The molecule has 1 aliphatic heterocycles. The second-order valence-corrected chi connectivity index (χ2v) is 6.93. The van der Waals surface area contributed by atoms with Crippen molar-refractivity contribution in [2.24, 2.45) is 0 Å². The van der Waals surface area contributed by atoms with Gasteiger partial charge in [-0.3, -0.25) is 4.79 Å². The van der Waals surface area contributed by atoms with Crippen molar-refractivity contribution >= 4 is 16.7 Å². The fourth-order valence-electron chi connectivity index (χ4n) is 3.70. The first-order chi connectivity index (χ1) is 13.2. The van der Waals surface area contributed by atoms with Crippen LogP contribution < -0.4 is 4.74 Å². The van der Waals surface area contributed by atoms with Gasteiger partial charge in [0.25, 0.3) is 5.91 Å². The predicted octanol–water partition coefficient (Wildman–Crippen LogP) is 3.24. The van der Waals surface area contributed by atoms with Crippen LogP contribution in [0.5, 0.6) is 5.75 Å². The van der Waals surface area contributed by atoms with Gasteiger partial charge in [-0.25, -0.2) is 0 Å². The highest BCUT2D eigenvalue weighted by atomic mass is 16.5. The zero-order valence-corrected chi connectivity index (χ0v) is 15.5. The third-order valence-electron chi connectivity index (χ3n) is 5.28. The molecular formula is C21H24N4O2. The summed E-state index contributed by atoms with van der Waals surface area (Å²) in [5.74, 6) is 2.18. The molecule has 0 saturated carbocycles. The Hall–Kier alpha value is -2.89. The predicted molar refractivity (Wildman–Crippen MR) is 104 cm³/mol. The summed E-state index contributed by atoms with van der Waals surface area (Å²) in [4.78, 5) is 14.4. The lowest BCUT2D eigenvalue weighted by atomic mass is 9.96. The highest BCUT2D eigenvalue weighted by Crippen LogP contribution is 2.27. The number of aromatic nitrogens is 3. The molecule has 0 aliphatic carbocycles. The second-order valence-electron chi connectivity index (χ2n) is 6.93. The molecule has 1 aromatic heterocycles. The molecule has 4 rings (SSSR count). The molecule has 0 atom stereocenters. The first-order valence-electron chi connectivity index (χ1n) is 9.51. The monoisotopic (exact) mass is 364 g/mol. The van der Waals surface area contributed by atoms with E-state index in [2.05, 4.69) is 27.8 Å². The van der Waals surface area contributed by atoms with Crippen LogP contribution in [0.2, 0.25) is 0 Å². The van der Waals surface area contributed by atoms with Gasteiger partial charge in [-0.2, -0.15) is 0 Å². The fourth-order valence-corrected chi connectivity index (χ4v) is 3.70. The average molecular weight is 364 g/mol. The number of piperidine rings is 1. The molecule has 3 aromatic rings. The number of rotatable bonds is 5. The molecule has 1 amide bonds. The molecule has 0 unspecified atom stereocenters. The minimum atomic E-state index is 0.0403. The minimum Gasteiger partial charge on any atom is -0.484 e. The van der Waals surface area contributed by atoms with Crippen LogP contribution in [0.4, 0.5) is 0 Å². The summed E-state index contributed by atoms with van der Waals surface area (Å²) in [7, 11) is 0. The van der Waals surface area contributed by atoms with E-state index in [1.807, 2.05) is 41.3 Å². The summed E-state index contributed by atoms with van der Waals surface area (Å²) in [6, 6.07) is 14.0. The van der Waals surface area contributed by atoms with Crippen LogP contribution >= 0.6 is 0 Å². The van der Waals surface area contributed by atoms with Gasteiger partial charge in [-0.15, -0.1) is 10.2 Å². The van der Waals surface area contributed by atoms with Crippen molar-refractivity contribution in [3.8, 4) is 5.75 Å². The van der Waals surface area contributed by atoms with Crippen LogP contribution in [-0.2, 0) is 11.3 Å². The number of benzene rings is 2. The van der Waals surface area contributed by atoms with Gasteiger partial charge in [-0.1, -0.05) is 30.3 Å². The van der Waals surface area contributed by atoms with Crippen LogP contribution in [0.15, 0.2) is 48.8 Å².